The monoisotopic (exact) mass is 407 g/mol. The molecule has 10 heteroatoms. The molecule has 0 saturated heterocycles. The van der Waals surface area contributed by atoms with Crippen LogP contribution in [-0.2, 0) is 0 Å². The number of halogens is 1. The number of anilines is 3. The predicted molar refractivity (Wildman–Crippen MR) is 109 cm³/mol. The molecule has 0 aliphatic rings. The summed E-state index contributed by atoms with van der Waals surface area (Å²) in [4.78, 5) is 29.0. The zero-order valence-electron chi connectivity index (χ0n) is 16.5. The van der Waals surface area contributed by atoms with Gasteiger partial charge in [0, 0.05) is 23.9 Å². The van der Waals surface area contributed by atoms with E-state index in [0.717, 1.165) is 0 Å². The van der Waals surface area contributed by atoms with Gasteiger partial charge < -0.3 is 15.8 Å². The summed E-state index contributed by atoms with van der Waals surface area (Å²) in [5.41, 5.74) is 8.39. The SMILES string of the molecule is COc1ncc(Nc2nc3ccc(C(C)=O)cn3c2-c2cc(N)nc(C)n2)cc1F. The molecule has 9 nitrogen and oxygen atoms in total. The molecule has 152 valence electrons. The van der Waals surface area contributed by atoms with Gasteiger partial charge >= 0.3 is 0 Å². The zero-order valence-corrected chi connectivity index (χ0v) is 16.5. The Morgan fingerprint density at radius 1 is 1.23 bits per heavy atom. The molecule has 0 aromatic carbocycles. The Balaban J connectivity index is 1.92. The first-order valence-corrected chi connectivity index (χ1v) is 8.97. The summed E-state index contributed by atoms with van der Waals surface area (Å²) in [5, 5.41) is 3.06. The van der Waals surface area contributed by atoms with Crippen LogP contribution in [-0.4, -0.2) is 37.2 Å². The molecule has 0 saturated carbocycles. The molecule has 0 atom stereocenters. The van der Waals surface area contributed by atoms with Crippen molar-refractivity contribution in [2.45, 2.75) is 13.8 Å². The maximum Gasteiger partial charge on any atom is 0.250 e. The molecule has 0 spiro atoms. The molecule has 4 aromatic rings. The second kappa shape index (κ2) is 7.39. The lowest BCUT2D eigenvalue weighted by Gasteiger charge is -2.09. The third-order valence-electron chi connectivity index (χ3n) is 4.39. The number of ketones is 1. The first-order valence-electron chi connectivity index (χ1n) is 8.97. The van der Waals surface area contributed by atoms with Gasteiger partial charge in [0.15, 0.2) is 17.4 Å². The number of methoxy groups -OCH3 is 1. The predicted octanol–water partition coefficient (Wildman–Crippen LogP) is 3.17. The van der Waals surface area contributed by atoms with E-state index < -0.39 is 5.82 Å². The molecular weight excluding hydrogens is 389 g/mol. The molecule has 4 heterocycles. The first kappa shape index (κ1) is 19.2. The Bertz CT molecular complexity index is 1270. The Morgan fingerprint density at radius 2 is 2.03 bits per heavy atom. The highest BCUT2D eigenvalue weighted by atomic mass is 19.1. The molecule has 0 amide bonds. The number of Topliss-reactive ketones (excluding diaryl/α,β-unsaturated/α-hetero) is 1. The van der Waals surface area contributed by atoms with Gasteiger partial charge in [0.25, 0.3) is 0 Å². The van der Waals surface area contributed by atoms with Crippen LogP contribution in [0.2, 0.25) is 0 Å². The van der Waals surface area contributed by atoms with Gasteiger partial charge in [-0.25, -0.2) is 24.3 Å². The molecule has 0 aliphatic carbocycles. The number of nitrogens with zero attached hydrogens (tertiary/aromatic N) is 5. The molecule has 4 rings (SSSR count). The van der Waals surface area contributed by atoms with E-state index in [2.05, 4.69) is 25.3 Å². The average Bonchev–Trinajstić information content (AvgIpc) is 3.04. The van der Waals surface area contributed by atoms with Crippen LogP contribution in [0.3, 0.4) is 0 Å². The minimum atomic E-state index is -0.617. The topological polar surface area (TPSA) is 120 Å². The smallest absolute Gasteiger partial charge is 0.250 e. The highest BCUT2D eigenvalue weighted by Gasteiger charge is 2.19. The quantitative estimate of drug-likeness (QED) is 0.484. The normalized spacial score (nSPS) is 10.9. The number of ether oxygens (including phenoxy) is 1. The number of carbonyl (C=O) groups excluding carboxylic acids is 1. The molecule has 30 heavy (non-hydrogen) atoms. The third kappa shape index (κ3) is 3.50. The number of fused-ring (bicyclic) bond motifs is 1. The number of pyridine rings is 2. The maximum absolute atomic E-state index is 14.1. The van der Waals surface area contributed by atoms with Crippen LogP contribution in [0.25, 0.3) is 17.0 Å². The van der Waals surface area contributed by atoms with E-state index in [0.29, 0.717) is 45.7 Å². The lowest BCUT2D eigenvalue weighted by Crippen LogP contribution is -2.02. The highest BCUT2D eigenvalue weighted by molar-refractivity contribution is 5.94. The van der Waals surface area contributed by atoms with Crippen molar-refractivity contribution in [3.8, 4) is 17.3 Å². The summed E-state index contributed by atoms with van der Waals surface area (Å²) in [6.45, 7) is 3.20. The van der Waals surface area contributed by atoms with Crippen LogP contribution < -0.4 is 15.8 Å². The summed E-state index contributed by atoms with van der Waals surface area (Å²) in [7, 11) is 1.34. The largest absolute Gasteiger partial charge is 0.479 e. The second-order valence-corrected chi connectivity index (χ2v) is 6.58. The molecule has 0 fully saturated rings. The summed E-state index contributed by atoms with van der Waals surface area (Å²) in [5.74, 6) is 0.337. The molecule has 0 unspecified atom stereocenters. The van der Waals surface area contributed by atoms with Gasteiger partial charge in [0.1, 0.15) is 23.0 Å². The molecular formula is C20H18FN7O2. The van der Waals surface area contributed by atoms with Gasteiger partial charge in [-0.15, -0.1) is 0 Å². The standard InChI is InChI=1S/C20H18FN7O2/c1-10(29)12-4-5-17-27-19(26-13-6-14(21)20(30-3)23-8-13)18(28(17)9-12)15-7-16(22)25-11(2)24-15/h4-9,26H,1-3H3,(H2,22,24,25). The Labute approximate surface area is 170 Å². The zero-order chi connectivity index (χ0) is 21.4. The van der Waals surface area contributed by atoms with Crippen molar-refractivity contribution in [2.24, 2.45) is 0 Å². The van der Waals surface area contributed by atoms with Crippen LogP contribution in [0.1, 0.15) is 23.1 Å². The first-order chi connectivity index (χ1) is 14.4. The Kier molecular flexibility index (Phi) is 4.74. The Morgan fingerprint density at radius 3 is 2.70 bits per heavy atom. The van der Waals surface area contributed by atoms with Crippen LogP contribution in [0.5, 0.6) is 5.88 Å². The fraction of sp³-hybridized carbons (Fsp3) is 0.150. The minimum absolute atomic E-state index is 0.0918. The molecule has 0 aliphatic heterocycles. The van der Waals surface area contributed by atoms with Crippen molar-refractivity contribution in [3.63, 3.8) is 0 Å². The van der Waals surface area contributed by atoms with Crippen LogP contribution >= 0.6 is 0 Å². The number of hydrogen-bond donors (Lipinski definition) is 2. The summed E-state index contributed by atoms with van der Waals surface area (Å²) in [6, 6.07) is 6.26. The van der Waals surface area contributed by atoms with E-state index in [4.69, 9.17) is 10.5 Å². The average molecular weight is 407 g/mol. The number of carbonyl (C=O) groups is 1. The fourth-order valence-electron chi connectivity index (χ4n) is 3.08. The summed E-state index contributed by atoms with van der Waals surface area (Å²) >= 11 is 0. The van der Waals surface area contributed by atoms with Crippen LogP contribution in [0.4, 0.5) is 21.7 Å². The van der Waals surface area contributed by atoms with Gasteiger partial charge in [0.2, 0.25) is 5.88 Å². The number of hydrogen-bond acceptors (Lipinski definition) is 8. The van der Waals surface area contributed by atoms with Gasteiger partial charge in [-0.3, -0.25) is 9.20 Å². The molecule has 0 bridgehead atoms. The van der Waals surface area contributed by atoms with Crippen molar-refractivity contribution >= 4 is 28.8 Å². The van der Waals surface area contributed by atoms with Crippen molar-refractivity contribution < 1.29 is 13.9 Å². The van der Waals surface area contributed by atoms with Gasteiger partial charge in [-0.2, -0.15) is 0 Å². The van der Waals surface area contributed by atoms with E-state index >= 15 is 0 Å². The minimum Gasteiger partial charge on any atom is -0.479 e. The summed E-state index contributed by atoms with van der Waals surface area (Å²) < 4.78 is 20.7. The molecule has 4 aromatic heterocycles. The number of nitrogens with two attached hydrogens (primary N) is 1. The summed E-state index contributed by atoms with van der Waals surface area (Å²) in [6.07, 6.45) is 3.10. The number of aromatic nitrogens is 5. The second-order valence-electron chi connectivity index (χ2n) is 6.58. The number of imidazole rings is 1. The van der Waals surface area contributed by atoms with E-state index in [1.807, 2.05) is 0 Å². The number of aryl methyl sites for hydroxylation is 1. The van der Waals surface area contributed by atoms with Crippen LogP contribution in [0.15, 0.2) is 36.7 Å². The highest BCUT2D eigenvalue weighted by Crippen LogP contribution is 2.32. The number of nitrogens with one attached hydrogen (secondary N) is 1. The van der Waals surface area contributed by atoms with Gasteiger partial charge in [-0.05, 0) is 26.0 Å². The molecule has 3 N–H and O–H groups in total. The van der Waals surface area contributed by atoms with E-state index in [-0.39, 0.29) is 11.7 Å². The van der Waals surface area contributed by atoms with Crippen molar-refractivity contribution in [1.29, 1.82) is 0 Å². The Hall–Kier alpha value is -4.08. The van der Waals surface area contributed by atoms with Gasteiger partial charge in [-0.1, -0.05) is 0 Å². The van der Waals surface area contributed by atoms with Crippen molar-refractivity contribution in [3.05, 3.63) is 53.9 Å². The van der Waals surface area contributed by atoms with Crippen molar-refractivity contribution in [2.75, 3.05) is 18.2 Å². The number of nitrogen functional groups attached to an aromatic ring is 1. The third-order valence-corrected chi connectivity index (χ3v) is 4.39. The maximum atomic E-state index is 14.1. The van der Waals surface area contributed by atoms with E-state index in [1.165, 1.54) is 26.3 Å². The van der Waals surface area contributed by atoms with Crippen LogP contribution in [0, 0.1) is 12.7 Å². The fourth-order valence-corrected chi connectivity index (χ4v) is 3.08. The van der Waals surface area contributed by atoms with E-state index in [1.54, 1.807) is 35.7 Å². The van der Waals surface area contributed by atoms with Gasteiger partial charge in [0.05, 0.1) is 24.7 Å². The van der Waals surface area contributed by atoms with Crippen molar-refractivity contribution in [1.82, 2.24) is 24.3 Å². The van der Waals surface area contributed by atoms with E-state index in [9.17, 15) is 9.18 Å². The lowest BCUT2D eigenvalue weighted by molar-refractivity contribution is 0.101. The lowest BCUT2D eigenvalue weighted by atomic mass is 10.2. The number of rotatable bonds is 5. The molecule has 0 radical (unpaired) electrons.